The standard InChI is InChI=1S/C26H23N3O4/c1-32-22-14-8-11-19-15-21-25(31)29(20-12-6-3-7-13-20)28(26(21)33-24(19)22)17-23(30)27-16-18-9-4-2-5-10-18/h2-14H,15-17H2,1H3,(H,27,30). The number of methoxy groups -OCH3 is 1. The van der Waals surface area contributed by atoms with Crippen molar-refractivity contribution < 1.29 is 14.3 Å². The molecular weight excluding hydrogens is 418 g/mol. The molecule has 0 saturated heterocycles. The molecule has 1 N–H and O–H groups in total. The lowest BCUT2D eigenvalue weighted by Crippen LogP contribution is -2.31. The van der Waals surface area contributed by atoms with Crippen LogP contribution < -0.4 is 20.3 Å². The molecule has 0 fully saturated rings. The maximum Gasteiger partial charge on any atom is 0.278 e. The number of hydrogen-bond acceptors (Lipinski definition) is 4. The fraction of sp³-hybridized carbons (Fsp3) is 0.154. The highest BCUT2D eigenvalue weighted by atomic mass is 16.5. The minimum atomic E-state index is -0.226. The van der Waals surface area contributed by atoms with E-state index in [1.54, 1.807) is 11.8 Å². The van der Waals surface area contributed by atoms with Crippen LogP contribution in [0.3, 0.4) is 0 Å². The van der Waals surface area contributed by atoms with Crippen LogP contribution >= 0.6 is 0 Å². The summed E-state index contributed by atoms with van der Waals surface area (Å²) in [6.07, 6.45) is 0.395. The Morgan fingerprint density at radius 1 is 1.00 bits per heavy atom. The van der Waals surface area contributed by atoms with Crippen LogP contribution in [-0.4, -0.2) is 22.4 Å². The fourth-order valence-corrected chi connectivity index (χ4v) is 4.06. The molecule has 4 aromatic rings. The lowest BCUT2D eigenvalue weighted by atomic mass is 10.0. The van der Waals surface area contributed by atoms with Crippen LogP contribution in [-0.2, 0) is 24.3 Å². The first-order valence-corrected chi connectivity index (χ1v) is 10.7. The summed E-state index contributed by atoms with van der Waals surface area (Å²) in [6.45, 7) is 0.326. The molecule has 166 valence electrons. The number of para-hydroxylation sites is 2. The minimum Gasteiger partial charge on any atom is -0.493 e. The average molecular weight is 441 g/mol. The number of fused-ring (bicyclic) bond motifs is 2. The second kappa shape index (κ2) is 8.70. The van der Waals surface area contributed by atoms with Crippen molar-refractivity contribution in [2.24, 2.45) is 0 Å². The maximum absolute atomic E-state index is 13.5. The molecule has 0 radical (unpaired) electrons. The van der Waals surface area contributed by atoms with E-state index < -0.39 is 0 Å². The average Bonchev–Trinajstić information content (AvgIpc) is 3.12. The summed E-state index contributed by atoms with van der Waals surface area (Å²) in [6, 6.07) is 24.5. The molecule has 0 spiro atoms. The van der Waals surface area contributed by atoms with E-state index in [2.05, 4.69) is 5.32 Å². The Kier molecular flexibility index (Phi) is 5.44. The number of ether oxygens (including phenoxy) is 2. The third-order valence-electron chi connectivity index (χ3n) is 5.66. The Hall–Kier alpha value is -4.26. The van der Waals surface area contributed by atoms with Gasteiger partial charge in [-0.05, 0) is 23.8 Å². The second-order valence-corrected chi connectivity index (χ2v) is 7.78. The number of hydrogen-bond donors (Lipinski definition) is 1. The van der Waals surface area contributed by atoms with Gasteiger partial charge in [-0.2, -0.15) is 0 Å². The largest absolute Gasteiger partial charge is 0.493 e. The fourth-order valence-electron chi connectivity index (χ4n) is 4.06. The zero-order valence-corrected chi connectivity index (χ0v) is 18.2. The van der Waals surface area contributed by atoms with Crippen molar-refractivity contribution in [1.82, 2.24) is 14.7 Å². The molecule has 2 heterocycles. The zero-order valence-electron chi connectivity index (χ0n) is 18.2. The summed E-state index contributed by atoms with van der Waals surface area (Å²) in [5.74, 6) is 1.28. The quantitative estimate of drug-likeness (QED) is 0.436. The van der Waals surface area contributed by atoms with Crippen molar-refractivity contribution in [3.63, 3.8) is 0 Å². The van der Waals surface area contributed by atoms with Crippen LogP contribution in [0.25, 0.3) is 5.69 Å². The third kappa shape index (κ3) is 3.89. The van der Waals surface area contributed by atoms with Gasteiger partial charge in [0, 0.05) is 18.5 Å². The molecule has 0 aliphatic carbocycles. The van der Waals surface area contributed by atoms with E-state index in [9.17, 15) is 9.59 Å². The first-order valence-electron chi connectivity index (χ1n) is 10.7. The van der Waals surface area contributed by atoms with Gasteiger partial charge >= 0.3 is 0 Å². The van der Waals surface area contributed by atoms with Crippen molar-refractivity contribution in [2.45, 2.75) is 19.5 Å². The minimum absolute atomic E-state index is 0.0726. The van der Waals surface area contributed by atoms with Gasteiger partial charge in [0.05, 0.1) is 18.4 Å². The molecule has 3 aromatic carbocycles. The Morgan fingerprint density at radius 2 is 1.73 bits per heavy atom. The summed E-state index contributed by atoms with van der Waals surface area (Å²) < 4.78 is 14.8. The molecule has 0 saturated carbocycles. The van der Waals surface area contributed by atoms with Gasteiger partial charge in [-0.25, -0.2) is 9.36 Å². The highest BCUT2D eigenvalue weighted by molar-refractivity contribution is 5.76. The summed E-state index contributed by atoms with van der Waals surface area (Å²) in [5.41, 5.74) is 2.82. The number of nitrogens with one attached hydrogen (secondary N) is 1. The molecule has 0 atom stereocenters. The number of nitrogens with zero attached hydrogens (tertiary/aromatic N) is 2. The predicted molar refractivity (Wildman–Crippen MR) is 124 cm³/mol. The van der Waals surface area contributed by atoms with Crippen LogP contribution in [0.4, 0.5) is 0 Å². The van der Waals surface area contributed by atoms with Gasteiger partial charge < -0.3 is 14.8 Å². The van der Waals surface area contributed by atoms with Crippen LogP contribution in [0.1, 0.15) is 16.7 Å². The first-order chi connectivity index (χ1) is 16.2. The van der Waals surface area contributed by atoms with Gasteiger partial charge in [-0.1, -0.05) is 60.7 Å². The van der Waals surface area contributed by atoms with Crippen molar-refractivity contribution in [3.05, 3.63) is 106 Å². The monoisotopic (exact) mass is 441 g/mol. The number of rotatable bonds is 6. The van der Waals surface area contributed by atoms with Crippen LogP contribution in [0.15, 0.2) is 83.7 Å². The van der Waals surface area contributed by atoms with Gasteiger partial charge in [0.1, 0.15) is 6.54 Å². The molecule has 0 bridgehead atoms. The van der Waals surface area contributed by atoms with Crippen LogP contribution in [0, 0.1) is 0 Å². The molecule has 33 heavy (non-hydrogen) atoms. The van der Waals surface area contributed by atoms with E-state index in [0.717, 1.165) is 11.1 Å². The highest BCUT2D eigenvalue weighted by Crippen LogP contribution is 2.41. The molecular formula is C26H23N3O4. The maximum atomic E-state index is 13.5. The van der Waals surface area contributed by atoms with Gasteiger partial charge in [0.25, 0.3) is 5.56 Å². The Labute approximate surface area is 190 Å². The summed E-state index contributed by atoms with van der Waals surface area (Å²) in [4.78, 5) is 26.4. The second-order valence-electron chi connectivity index (χ2n) is 7.78. The van der Waals surface area contributed by atoms with Crippen molar-refractivity contribution in [3.8, 4) is 23.1 Å². The molecule has 7 heteroatoms. The lowest BCUT2D eigenvalue weighted by Gasteiger charge is -2.21. The summed E-state index contributed by atoms with van der Waals surface area (Å²) in [5, 5.41) is 2.93. The van der Waals surface area contributed by atoms with E-state index in [0.29, 0.717) is 41.6 Å². The third-order valence-corrected chi connectivity index (χ3v) is 5.66. The predicted octanol–water partition coefficient (Wildman–Crippen LogP) is 3.66. The molecule has 1 aliphatic rings. The molecule has 0 unspecified atom stereocenters. The van der Waals surface area contributed by atoms with E-state index in [1.165, 1.54) is 4.68 Å². The molecule has 1 amide bonds. The Bertz CT molecular complexity index is 1360. The van der Waals surface area contributed by atoms with Gasteiger partial charge in [-0.3, -0.25) is 9.59 Å². The number of benzene rings is 3. The normalized spacial score (nSPS) is 11.8. The number of amides is 1. The zero-order chi connectivity index (χ0) is 22.8. The first kappa shape index (κ1) is 20.6. The summed E-state index contributed by atoms with van der Waals surface area (Å²) in [7, 11) is 1.58. The van der Waals surface area contributed by atoms with Crippen molar-refractivity contribution in [2.75, 3.05) is 7.11 Å². The summed E-state index contributed by atoms with van der Waals surface area (Å²) >= 11 is 0. The number of aromatic nitrogens is 2. The van der Waals surface area contributed by atoms with E-state index in [-0.39, 0.29) is 18.0 Å². The van der Waals surface area contributed by atoms with Crippen LogP contribution in [0.2, 0.25) is 0 Å². The van der Waals surface area contributed by atoms with Gasteiger partial charge in [-0.15, -0.1) is 0 Å². The van der Waals surface area contributed by atoms with Crippen molar-refractivity contribution >= 4 is 5.91 Å². The topological polar surface area (TPSA) is 74.5 Å². The molecule has 1 aromatic heterocycles. The molecule has 1 aliphatic heterocycles. The van der Waals surface area contributed by atoms with E-state index in [1.807, 2.05) is 78.9 Å². The van der Waals surface area contributed by atoms with Crippen LogP contribution in [0.5, 0.6) is 17.4 Å². The highest BCUT2D eigenvalue weighted by Gasteiger charge is 2.30. The Morgan fingerprint density at radius 3 is 2.45 bits per heavy atom. The smallest absolute Gasteiger partial charge is 0.278 e. The van der Waals surface area contributed by atoms with Gasteiger partial charge in [0.15, 0.2) is 11.5 Å². The van der Waals surface area contributed by atoms with E-state index >= 15 is 0 Å². The molecule has 7 nitrogen and oxygen atoms in total. The van der Waals surface area contributed by atoms with Crippen molar-refractivity contribution in [1.29, 1.82) is 0 Å². The number of carbonyl (C=O) groups is 1. The number of carbonyl (C=O) groups excluding carboxylic acids is 1. The molecule has 5 rings (SSSR count). The Balaban J connectivity index is 1.54. The van der Waals surface area contributed by atoms with E-state index in [4.69, 9.17) is 9.47 Å². The lowest BCUT2D eigenvalue weighted by molar-refractivity contribution is -0.122. The SMILES string of the molecule is COc1cccc2c1Oc1c(c(=O)n(-c3ccccc3)n1CC(=O)NCc1ccccc1)C2. The van der Waals surface area contributed by atoms with Gasteiger partial charge in [0.2, 0.25) is 11.8 Å².